The molecule has 0 aliphatic carbocycles. The van der Waals surface area contributed by atoms with Crippen LogP contribution in [0.1, 0.15) is 18.4 Å². The van der Waals surface area contributed by atoms with Crippen LogP contribution in [-0.2, 0) is 6.42 Å². The molecule has 4 nitrogen and oxygen atoms in total. The van der Waals surface area contributed by atoms with E-state index in [-0.39, 0.29) is 18.6 Å². The first-order valence-electron chi connectivity index (χ1n) is 7.07. The van der Waals surface area contributed by atoms with E-state index in [1.165, 1.54) is 0 Å². The lowest BCUT2D eigenvalue weighted by molar-refractivity contribution is 0.129. The van der Waals surface area contributed by atoms with Crippen molar-refractivity contribution in [1.29, 1.82) is 0 Å². The van der Waals surface area contributed by atoms with Crippen LogP contribution in [0.25, 0.3) is 0 Å². The van der Waals surface area contributed by atoms with Gasteiger partial charge in [-0.15, -0.1) is 0 Å². The van der Waals surface area contributed by atoms with E-state index in [1.54, 1.807) is 4.90 Å². The van der Waals surface area contributed by atoms with E-state index in [9.17, 15) is 4.79 Å². The van der Waals surface area contributed by atoms with Gasteiger partial charge in [-0.05, 0) is 42.9 Å². The van der Waals surface area contributed by atoms with Gasteiger partial charge in [0.1, 0.15) is 0 Å². The number of nitrogens with one attached hydrogen (secondary N) is 1. The summed E-state index contributed by atoms with van der Waals surface area (Å²) in [5.74, 6) is 0.228. The molecule has 0 aromatic heterocycles. The Hall–Kier alpha value is -1.26. The number of nitrogens with zero attached hydrogens (tertiary/aromatic N) is 1. The average Bonchev–Trinajstić information content (AvgIpc) is 2.49. The van der Waals surface area contributed by atoms with E-state index < -0.39 is 0 Å². The summed E-state index contributed by atoms with van der Waals surface area (Å²) in [7, 11) is 0. The van der Waals surface area contributed by atoms with Crippen LogP contribution >= 0.6 is 11.6 Å². The van der Waals surface area contributed by atoms with Gasteiger partial charge in [-0.3, -0.25) is 0 Å². The average molecular weight is 297 g/mol. The molecule has 1 saturated heterocycles. The molecule has 2 rings (SSSR count). The molecule has 0 bridgehead atoms. The minimum Gasteiger partial charge on any atom is -0.396 e. The SMILES string of the molecule is O=C(NCCc1ccc(Cl)cc1)N1CCCC(CO)C1. The van der Waals surface area contributed by atoms with Crippen LogP contribution in [-0.4, -0.2) is 42.3 Å². The molecule has 1 aliphatic rings. The maximum Gasteiger partial charge on any atom is 0.317 e. The summed E-state index contributed by atoms with van der Waals surface area (Å²) in [5.41, 5.74) is 1.15. The molecule has 20 heavy (non-hydrogen) atoms. The first-order chi connectivity index (χ1) is 9.69. The third-order valence-electron chi connectivity index (χ3n) is 3.67. The standard InChI is InChI=1S/C15H21ClN2O2/c16-14-5-3-12(4-6-14)7-8-17-15(20)18-9-1-2-13(10-18)11-19/h3-6,13,19H,1-2,7-11H2,(H,17,20). The molecule has 110 valence electrons. The Morgan fingerprint density at radius 3 is 2.85 bits per heavy atom. The number of carbonyl (C=O) groups excluding carboxylic acids is 1. The van der Waals surface area contributed by atoms with E-state index in [4.69, 9.17) is 16.7 Å². The molecule has 0 spiro atoms. The summed E-state index contributed by atoms with van der Waals surface area (Å²) in [6, 6.07) is 7.62. The van der Waals surface area contributed by atoms with Crippen LogP contribution in [0.15, 0.2) is 24.3 Å². The van der Waals surface area contributed by atoms with Gasteiger partial charge in [0.15, 0.2) is 0 Å². The van der Waals surface area contributed by atoms with Crippen LogP contribution in [0, 0.1) is 5.92 Å². The fourth-order valence-corrected chi connectivity index (χ4v) is 2.60. The minimum atomic E-state index is -0.0305. The second-order valence-electron chi connectivity index (χ2n) is 5.25. The molecule has 5 heteroatoms. The molecule has 1 aromatic rings. The molecular weight excluding hydrogens is 276 g/mol. The Morgan fingerprint density at radius 2 is 2.15 bits per heavy atom. The summed E-state index contributed by atoms with van der Waals surface area (Å²) in [5, 5.41) is 12.8. The predicted molar refractivity (Wildman–Crippen MR) is 79.9 cm³/mol. The molecule has 2 N–H and O–H groups in total. The first-order valence-corrected chi connectivity index (χ1v) is 7.45. The summed E-state index contributed by atoms with van der Waals surface area (Å²) >= 11 is 5.83. The van der Waals surface area contributed by atoms with Gasteiger partial charge in [-0.2, -0.15) is 0 Å². The van der Waals surface area contributed by atoms with E-state index >= 15 is 0 Å². The fourth-order valence-electron chi connectivity index (χ4n) is 2.48. The lowest BCUT2D eigenvalue weighted by Crippen LogP contribution is -2.46. The highest BCUT2D eigenvalue weighted by Gasteiger charge is 2.22. The molecule has 2 amide bonds. The highest BCUT2D eigenvalue weighted by molar-refractivity contribution is 6.30. The number of urea groups is 1. The second kappa shape index (κ2) is 7.50. The number of hydrogen-bond donors (Lipinski definition) is 2. The van der Waals surface area contributed by atoms with Gasteiger partial charge in [-0.1, -0.05) is 23.7 Å². The van der Waals surface area contributed by atoms with Crippen molar-refractivity contribution >= 4 is 17.6 Å². The van der Waals surface area contributed by atoms with Gasteiger partial charge in [0.25, 0.3) is 0 Å². The third-order valence-corrected chi connectivity index (χ3v) is 3.92. The molecule has 0 saturated carbocycles. The van der Waals surface area contributed by atoms with Gasteiger partial charge in [-0.25, -0.2) is 4.79 Å². The van der Waals surface area contributed by atoms with E-state index in [0.717, 1.165) is 36.4 Å². The monoisotopic (exact) mass is 296 g/mol. The topological polar surface area (TPSA) is 52.6 Å². The van der Waals surface area contributed by atoms with Crippen molar-refractivity contribution in [2.45, 2.75) is 19.3 Å². The zero-order valence-corrected chi connectivity index (χ0v) is 12.3. The van der Waals surface area contributed by atoms with Crippen LogP contribution in [0.5, 0.6) is 0 Å². The number of benzene rings is 1. The number of likely N-dealkylation sites (tertiary alicyclic amines) is 1. The normalized spacial score (nSPS) is 18.9. The third kappa shape index (κ3) is 4.39. The molecule has 1 aromatic carbocycles. The van der Waals surface area contributed by atoms with Crippen molar-refractivity contribution in [2.75, 3.05) is 26.2 Å². The van der Waals surface area contributed by atoms with Crippen molar-refractivity contribution in [3.8, 4) is 0 Å². The van der Waals surface area contributed by atoms with Gasteiger partial charge < -0.3 is 15.3 Å². The quantitative estimate of drug-likeness (QED) is 0.896. The van der Waals surface area contributed by atoms with E-state index in [0.29, 0.717) is 13.1 Å². The maximum atomic E-state index is 12.0. The Bertz CT molecular complexity index is 436. The molecule has 0 radical (unpaired) electrons. The van der Waals surface area contributed by atoms with Crippen molar-refractivity contribution in [3.05, 3.63) is 34.9 Å². The largest absolute Gasteiger partial charge is 0.396 e. The summed E-state index contributed by atoms with van der Waals surface area (Å²) in [6.45, 7) is 2.21. The highest BCUT2D eigenvalue weighted by Crippen LogP contribution is 2.15. The molecule has 1 atom stereocenters. The van der Waals surface area contributed by atoms with Crippen molar-refractivity contribution in [1.82, 2.24) is 10.2 Å². The van der Waals surface area contributed by atoms with E-state index in [2.05, 4.69) is 5.32 Å². The Balaban J connectivity index is 1.73. The Morgan fingerprint density at radius 1 is 1.40 bits per heavy atom. The van der Waals surface area contributed by atoms with Gasteiger partial charge in [0, 0.05) is 31.3 Å². The molecule has 1 fully saturated rings. The van der Waals surface area contributed by atoms with Crippen LogP contribution in [0.2, 0.25) is 5.02 Å². The lowest BCUT2D eigenvalue weighted by Gasteiger charge is -2.31. The molecule has 1 aliphatic heterocycles. The maximum absolute atomic E-state index is 12.0. The summed E-state index contributed by atoms with van der Waals surface area (Å²) in [4.78, 5) is 13.8. The van der Waals surface area contributed by atoms with Gasteiger partial charge in [0.05, 0.1) is 0 Å². The van der Waals surface area contributed by atoms with Crippen molar-refractivity contribution < 1.29 is 9.90 Å². The molecule has 1 heterocycles. The van der Waals surface area contributed by atoms with Gasteiger partial charge in [0.2, 0.25) is 0 Å². The number of carbonyl (C=O) groups is 1. The number of aliphatic hydroxyl groups is 1. The zero-order chi connectivity index (χ0) is 14.4. The van der Waals surface area contributed by atoms with E-state index in [1.807, 2.05) is 24.3 Å². The Labute approximate surface area is 124 Å². The number of hydrogen-bond acceptors (Lipinski definition) is 2. The second-order valence-corrected chi connectivity index (χ2v) is 5.68. The summed E-state index contributed by atoms with van der Waals surface area (Å²) < 4.78 is 0. The van der Waals surface area contributed by atoms with Crippen LogP contribution < -0.4 is 5.32 Å². The number of aliphatic hydroxyl groups excluding tert-OH is 1. The zero-order valence-electron chi connectivity index (χ0n) is 11.5. The fraction of sp³-hybridized carbons (Fsp3) is 0.533. The minimum absolute atomic E-state index is 0.0305. The highest BCUT2D eigenvalue weighted by atomic mass is 35.5. The lowest BCUT2D eigenvalue weighted by atomic mass is 9.99. The van der Waals surface area contributed by atoms with Gasteiger partial charge >= 0.3 is 6.03 Å². The number of piperidine rings is 1. The number of amides is 2. The molecular formula is C15H21ClN2O2. The smallest absolute Gasteiger partial charge is 0.317 e. The van der Waals surface area contributed by atoms with Crippen LogP contribution in [0.4, 0.5) is 4.79 Å². The Kier molecular flexibility index (Phi) is 5.68. The first kappa shape index (κ1) is 15.1. The van der Waals surface area contributed by atoms with Crippen LogP contribution in [0.3, 0.4) is 0 Å². The van der Waals surface area contributed by atoms with Crippen molar-refractivity contribution in [3.63, 3.8) is 0 Å². The predicted octanol–water partition coefficient (Wildman–Crippen LogP) is 2.30. The number of halogens is 1. The molecule has 1 unspecified atom stereocenters. The van der Waals surface area contributed by atoms with Crippen molar-refractivity contribution in [2.24, 2.45) is 5.92 Å². The summed E-state index contributed by atoms with van der Waals surface area (Å²) in [6.07, 6.45) is 2.76. The number of rotatable bonds is 4.